The Hall–Kier alpha value is -1.65. The van der Waals surface area contributed by atoms with Crippen molar-refractivity contribution in [3.63, 3.8) is 0 Å². The quantitative estimate of drug-likeness (QED) is 0.755. The highest BCUT2D eigenvalue weighted by atomic mass is 32.2. The number of hydrogen-bond acceptors (Lipinski definition) is 5. The summed E-state index contributed by atoms with van der Waals surface area (Å²) in [6.07, 6.45) is -3.41. The summed E-state index contributed by atoms with van der Waals surface area (Å²) in [6.45, 7) is 2.33. The number of aromatic nitrogens is 1. The first kappa shape index (κ1) is 18.7. The van der Waals surface area contributed by atoms with Crippen LogP contribution in [0, 0.1) is 6.92 Å². The Morgan fingerprint density at radius 2 is 2.04 bits per heavy atom. The van der Waals surface area contributed by atoms with Crippen LogP contribution in [0.5, 0.6) is 0 Å². The van der Waals surface area contributed by atoms with Crippen LogP contribution in [0.1, 0.15) is 22.7 Å². The number of nitrogens with one attached hydrogen (secondary N) is 1. The van der Waals surface area contributed by atoms with Crippen molar-refractivity contribution in [2.24, 2.45) is 5.14 Å². The van der Waals surface area contributed by atoms with Gasteiger partial charge in [-0.15, -0.1) is 11.3 Å². The number of rotatable bonds is 6. The zero-order valence-corrected chi connectivity index (χ0v) is 14.4. The lowest BCUT2D eigenvalue weighted by molar-refractivity contribution is -0.139. The first-order valence-corrected chi connectivity index (χ1v) is 9.39. The van der Waals surface area contributed by atoms with Gasteiger partial charge >= 0.3 is 6.18 Å². The van der Waals surface area contributed by atoms with E-state index in [1.165, 1.54) is 17.4 Å². The molecule has 1 aromatic heterocycles. The molecule has 0 spiro atoms. The van der Waals surface area contributed by atoms with Crippen molar-refractivity contribution in [3.8, 4) is 0 Å². The fourth-order valence-corrected chi connectivity index (χ4v) is 3.66. The highest BCUT2D eigenvalue weighted by Gasteiger charge is 2.36. The number of anilines is 1. The molecule has 24 heavy (non-hydrogen) atoms. The molecule has 5 nitrogen and oxygen atoms in total. The average molecular weight is 379 g/mol. The number of aryl methyl sites for hydroxylation is 2. The van der Waals surface area contributed by atoms with Crippen LogP contribution in [0.4, 0.5) is 18.9 Å². The molecule has 2 aromatic rings. The van der Waals surface area contributed by atoms with Gasteiger partial charge in [-0.05, 0) is 31.5 Å². The summed E-state index contributed by atoms with van der Waals surface area (Å²) in [5.41, 5.74) is -0.146. The molecule has 1 heterocycles. The summed E-state index contributed by atoms with van der Waals surface area (Å²) in [4.78, 5) is 3.37. The summed E-state index contributed by atoms with van der Waals surface area (Å²) in [5.74, 6) is 0. The Kier molecular flexibility index (Phi) is 5.51. The first-order chi connectivity index (χ1) is 11.1. The van der Waals surface area contributed by atoms with E-state index < -0.39 is 26.7 Å². The molecule has 0 radical (unpaired) electrons. The van der Waals surface area contributed by atoms with Crippen molar-refractivity contribution in [2.75, 3.05) is 11.9 Å². The zero-order chi connectivity index (χ0) is 18.0. The van der Waals surface area contributed by atoms with Crippen molar-refractivity contribution in [1.29, 1.82) is 0 Å². The molecule has 0 aliphatic carbocycles. The third-order valence-electron chi connectivity index (χ3n) is 3.15. The first-order valence-electron chi connectivity index (χ1n) is 6.96. The standard InChI is InChI=1S/C14H16F3N3O2S2/c1-9-8-23-13(20-9)3-2-6-19-10-4-5-12(24(18,21)22)11(7-10)14(15,16)17/h4-5,7-8,19H,2-3,6H2,1H3,(H2,18,21,22). The van der Waals surface area contributed by atoms with Crippen molar-refractivity contribution < 1.29 is 21.6 Å². The van der Waals surface area contributed by atoms with E-state index in [1.807, 2.05) is 12.3 Å². The van der Waals surface area contributed by atoms with E-state index >= 15 is 0 Å². The fourth-order valence-electron chi connectivity index (χ4n) is 2.10. The van der Waals surface area contributed by atoms with Crippen LogP contribution in [0.25, 0.3) is 0 Å². The van der Waals surface area contributed by atoms with E-state index in [0.717, 1.165) is 22.8 Å². The van der Waals surface area contributed by atoms with Gasteiger partial charge in [-0.25, -0.2) is 18.5 Å². The number of primary sulfonamides is 1. The van der Waals surface area contributed by atoms with Crippen LogP contribution in [0.2, 0.25) is 0 Å². The lowest BCUT2D eigenvalue weighted by atomic mass is 10.2. The van der Waals surface area contributed by atoms with Gasteiger partial charge in [0.05, 0.1) is 15.5 Å². The predicted molar refractivity (Wildman–Crippen MR) is 86.5 cm³/mol. The second kappa shape index (κ2) is 7.08. The van der Waals surface area contributed by atoms with Crippen molar-refractivity contribution >= 4 is 27.0 Å². The number of nitrogens with two attached hydrogens (primary N) is 1. The number of hydrogen-bond donors (Lipinski definition) is 2. The predicted octanol–water partition coefficient (Wildman–Crippen LogP) is 3.16. The molecule has 0 aliphatic heterocycles. The number of benzene rings is 1. The third kappa shape index (κ3) is 4.92. The number of halogens is 3. The number of thiazole rings is 1. The third-order valence-corrected chi connectivity index (χ3v) is 5.15. The minimum Gasteiger partial charge on any atom is -0.385 e. The summed E-state index contributed by atoms with van der Waals surface area (Å²) < 4.78 is 61.6. The van der Waals surface area contributed by atoms with Crippen LogP contribution in [0.3, 0.4) is 0 Å². The Labute approximate surface area is 141 Å². The Balaban J connectivity index is 2.06. The summed E-state index contributed by atoms with van der Waals surface area (Å²) in [5, 5.41) is 10.6. The Morgan fingerprint density at radius 1 is 1.33 bits per heavy atom. The SMILES string of the molecule is Cc1csc(CCCNc2ccc(S(N)(=O)=O)c(C(F)(F)F)c2)n1. The minimum atomic E-state index is -4.81. The lowest BCUT2D eigenvalue weighted by Crippen LogP contribution is -2.19. The molecule has 0 aliphatic rings. The summed E-state index contributed by atoms with van der Waals surface area (Å²) in [7, 11) is -4.45. The van der Waals surface area contributed by atoms with Gasteiger partial charge in [0.25, 0.3) is 0 Å². The van der Waals surface area contributed by atoms with E-state index in [4.69, 9.17) is 5.14 Å². The minimum absolute atomic E-state index is 0.185. The Bertz CT molecular complexity index is 817. The smallest absolute Gasteiger partial charge is 0.385 e. The largest absolute Gasteiger partial charge is 0.417 e. The second-order valence-corrected chi connectivity index (χ2v) is 7.64. The van der Waals surface area contributed by atoms with Crippen molar-refractivity contribution in [2.45, 2.75) is 30.8 Å². The maximum absolute atomic E-state index is 13.0. The molecule has 3 N–H and O–H groups in total. The van der Waals surface area contributed by atoms with Gasteiger partial charge in [0.15, 0.2) is 0 Å². The molecule has 0 saturated carbocycles. The molecule has 10 heteroatoms. The van der Waals surface area contributed by atoms with E-state index in [0.29, 0.717) is 19.4 Å². The van der Waals surface area contributed by atoms with Crippen molar-refractivity contribution in [3.05, 3.63) is 39.8 Å². The fraction of sp³-hybridized carbons (Fsp3) is 0.357. The van der Waals surface area contributed by atoms with E-state index in [1.54, 1.807) is 0 Å². The van der Waals surface area contributed by atoms with Crippen LogP contribution >= 0.6 is 11.3 Å². The topological polar surface area (TPSA) is 85.1 Å². The van der Waals surface area contributed by atoms with Gasteiger partial charge in [-0.2, -0.15) is 13.2 Å². The normalized spacial score (nSPS) is 12.4. The van der Waals surface area contributed by atoms with Crippen LogP contribution in [-0.4, -0.2) is 19.9 Å². The molecule has 2 rings (SSSR count). The molecular weight excluding hydrogens is 363 g/mol. The number of nitrogens with zero attached hydrogens (tertiary/aromatic N) is 1. The maximum Gasteiger partial charge on any atom is 0.417 e. The van der Waals surface area contributed by atoms with Gasteiger partial charge in [-0.3, -0.25) is 0 Å². The molecule has 0 saturated heterocycles. The number of alkyl halides is 3. The maximum atomic E-state index is 13.0. The molecule has 132 valence electrons. The molecule has 0 atom stereocenters. The average Bonchev–Trinajstić information content (AvgIpc) is 2.87. The summed E-state index contributed by atoms with van der Waals surface area (Å²) >= 11 is 1.54. The molecule has 0 fully saturated rings. The van der Waals surface area contributed by atoms with E-state index in [-0.39, 0.29) is 5.69 Å². The zero-order valence-electron chi connectivity index (χ0n) is 12.7. The lowest BCUT2D eigenvalue weighted by Gasteiger charge is -2.14. The summed E-state index contributed by atoms with van der Waals surface area (Å²) in [6, 6.07) is 2.89. The van der Waals surface area contributed by atoms with E-state index in [2.05, 4.69) is 10.3 Å². The van der Waals surface area contributed by atoms with E-state index in [9.17, 15) is 21.6 Å². The number of sulfonamides is 1. The highest BCUT2D eigenvalue weighted by Crippen LogP contribution is 2.35. The van der Waals surface area contributed by atoms with Crippen LogP contribution in [0.15, 0.2) is 28.5 Å². The van der Waals surface area contributed by atoms with Crippen molar-refractivity contribution in [1.82, 2.24) is 4.98 Å². The molecule has 0 bridgehead atoms. The highest BCUT2D eigenvalue weighted by molar-refractivity contribution is 7.89. The second-order valence-electron chi connectivity index (χ2n) is 5.17. The van der Waals surface area contributed by atoms with Crippen LogP contribution in [-0.2, 0) is 22.6 Å². The molecular formula is C14H16F3N3O2S2. The Morgan fingerprint density at radius 3 is 2.58 bits per heavy atom. The van der Waals surface area contributed by atoms with Crippen LogP contribution < -0.4 is 10.5 Å². The monoisotopic (exact) mass is 379 g/mol. The van der Waals surface area contributed by atoms with Gasteiger partial charge in [0, 0.05) is 29.7 Å². The van der Waals surface area contributed by atoms with Gasteiger partial charge in [-0.1, -0.05) is 0 Å². The molecule has 0 unspecified atom stereocenters. The van der Waals surface area contributed by atoms with Gasteiger partial charge in [0.1, 0.15) is 0 Å². The molecule has 0 amide bonds. The molecule has 1 aromatic carbocycles. The van der Waals surface area contributed by atoms with Gasteiger partial charge in [0.2, 0.25) is 10.0 Å². The van der Waals surface area contributed by atoms with Gasteiger partial charge < -0.3 is 5.32 Å².